The number of urea groups is 1. The van der Waals surface area contributed by atoms with Crippen molar-refractivity contribution >= 4 is 17.7 Å². The van der Waals surface area contributed by atoms with Crippen molar-refractivity contribution in [2.75, 3.05) is 25.1 Å². The monoisotopic (exact) mass is 266 g/mol. The fourth-order valence-corrected chi connectivity index (χ4v) is 1.39. The molecule has 0 aromatic heterocycles. The average Bonchev–Trinajstić information content (AvgIpc) is 2.33. The van der Waals surface area contributed by atoms with Gasteiger partial charge in [-0.3, -0.25) is 0 Å². The van der Waals surface area contributed by atoms with Gasteiger partial charge in [0.05, 0.1) is 6.61 Å². The Balaban J connectivity index is 2.27. The Labute approximate surface area is 111 Å². The van der Waals surface area contributed by atoms with Crippen LogP contribution in [-0.4, -0.2) is 36.9 Å². The molecule has 1 aromatic rings. The molecule has 6 heteroatoms. The SMILES string of the molecule is Cc1ccc(NC(=O)NCCOCC(=O)O)cc1C. The molecule has 3 N–H and O–H groups in total. The number of amides is 2. The molecule has 0 saturated heterocycles. The van der Waals surface area contributed by atoms with Gasteiger partial charge in [-0.1, -0.05) is 6.07 Å². The van der Waals surface area contributed by atoms with Crippen molar-refractivity contribution in [3.05, 3.63) is 29.3 Å². The van der Waals surface area contributed by atoms with Gasteiger partial charge in [0.2, 0.25) is 0 Å². The number of hydrogen-bond donors (Lipinski definition) is 3. The number of benzene rings is 1. The Morgan fingerprint density at radius 2 is 2.00 bits per heavy atom. The van der Waals surface area contributed by atoms with Crippen molar-refractivity contribution in [1.82, 2.24) is 5.32 Å². The molecule has 0 atom stereocenters. The van der Waals surface area contributed by atoms with Gasteiger partial charge in [-0.05, 0) is 37.1 Å². The van der Waals surface area contributed by atoms with Crippen molar-refractivity contribution in [3.8, 4) is 0 Å². The van der Waals surface area contributed by atoms with E-state index in [1.165, 1.54) is 0 Å². The van der Waals surface area contributed by atoms with E-state index in [0.29, 0.717) is 5.69 Å². The summed E-state index contributed by atoms with van der Waals surface area (Å²) in [6.07, 6.45) is 0. The van der Waals surface area contributed by atoms with Crippen LogP contribution in [0.5, 0.6) is 0 Å². The van der Waals surface area contributed by atoms with Crippen LogP contribution in [0.15, 0.2) is 18.2 Å². The molecule has 6 nitrogen and oxygen atoms in total. The van der Waals surface area contributed by atoms with Gasteiger partial charge in [0.25, 0.3) is 0 Å². The van der Waals surface area contributed by atoms with Gasteiger partial charge in [-0.2, -0.15) is 0 Å². The van der Waals surface area contributed by atoms with E-state index < -0.39 is 5.97 Å². The molecule has 0 spiro atoms. The molecule has 0 fully saturated rings. The molecule has 0 saturated carbocycles. The molecule has 0 heterocycles. The number of carbonyl (C=O) groups excluding carboxylic acids is 1. The summed E-state index contributed by atoms with van der Waals surface area (Å²) in [5.74, 6) is -1.03. The first-order valence-electron chi connectivity index (χ1n) is 5.90. The lowest BCUT2D eigenvalue weighted by atomic mass is 10.1. The van der Waals surface area contributed by atoms with E-state index >= 15 is 0 Å². The molecule has 1 aromatic carbocycles. The second kappa shape index (κ2) is 7.38. The number of aryl methyl sites for hydroxylation is 2. The predicted molar refractivity (Wildman–Crippen MR) is 71.4 cm³/mol. The number of nitrogens with one attached hydrogen (secondary N) is 2. The molecular weight excluding hydrogens is 248 g/mol. The molecule has 0 unspecified atom stereocenters. The van der Waals surface area contributed by atoms with Crippen LogP contribution in [0.3, 0.4) is 0 Å². The average molecular weight is 266 g/mol. The lowest BCUT2D eigenvalue weighted by Gasteiger charge is -2.09. The summed E-state index contributed by atoms with van der Waals surface area (Å²) in [6.45, 7) is 4.02. The number of carboxylic acids is 1. The number of hydrogen-bond acceptors (Lipinski definition) is 3. The lowest BCUT2D eigenvalue weighted by molar-refractivity contribution is -0.142. The minimum absolute atomic E-state index is 0.159. The summed E-state index contributed by atoms with van der Waals surface area (Å²) in [6, 6.07) is 5.29. The minimum atomic E-state index is -1.03. The first-order valence-corrected chi connectivity index (χ1v) is 5.90. The van der Waals surface area contributed by atoms with Crippen LogP contribution >= 0.6 is 0 Å². The zero-order valence-corrected chi connectivity index (χ0v) is 11.0. The van der Waals surface area contributed by atoms with E-state index in [1.54, 1.807) is 0 Å². The van der Waals surface area contributed by atoms with Crippen molar-refractivity contribution in [2.24, 2.45) is 0 Å². The highest BCUT2D eigenvalue weighted by Crippen LogP contribution is 2.13. The van der Waals surface area contributed by atoms with Gasteiger partial charge >= 0.3 is 12.0 Å². The molecule has 0 aliphatic heterocycles. The summed E-state index contributed by atoms with van der Waals surface area (Å²) in [5.41, 5.74) is 2.97. The Morgan fingerprint density at radius 1 is 1.26 bits per heavy atom. The summed E-state index contributed by atoms with van der Waals surface area (Å²) in [4.78, 5) is 21.7. The van der Waals surface area contributed by atoms with Gasteiger partial charge in [0.1, 0.15) is 6.61 Å². The zero-order valence-electron chi connectivity index (χ0n) is 11.0. The van der Waals surface area contributed by atoms with E-state index in [-0.39, 0.29) is 25.8 Å². The van der Waals surface area contributed by atoms with Crippen LogP contribution < -0.4 is 10.6 Å². The van der Waals surface area contributed by atoms with E-state index in [4.69, 9.17) is 9.84 Å². The first-order chi connectivity index (χ1) is 8.99. The molecule has 0 radical (unpaired) electrons. The van der Waals surface area contributed by atoms with Gasteiger partial charge in [0.15, 0.2) is 0 Å². The molecule has 1 rings (SSSR count). The van der Waals surface area contributed by atoms with Crippen molar-refractivity contribution in [1.29, 1.82) is 0 Å². The number of anilines is 1. The highest BCUT2D eigenvalue weighted by atomic mass is 16.5. The summed E-state index contributed by atoms with van der Waals surface area (Å²) < 4.78 is 4.79. The zero-order chi connectivity index (χ0) is 14.3. The molecule has 0 aliphatic rings. The lowest BCUT2D eigenvalue weighted by Crippen LogP contribution is -2.32. The second-order valence-corrected chi connectivity index (χ2v) is 4.13. The Morgan fingerprint density at radius 3 is 2.63 bits per heavy atom. The van der Waals surface area contributed by atoms with Crippen molar-refractivity contribution < 1.29 is 19.4 Å². The van der Waals surface area contributed by atoms with Crippen LogP contribution in [0.1, 0.15) is 11.1 Å². The van der Waals surface area contributed by atoms with E-state index in [9.17, 15) is 9.59 Å². The summed E-state index contributed by atoms with van der Waals surface area (Å²) in [7, 11) is 0. The Hall–Kier alpha value is -2.08. The topological polar surface area (TPSA) is 87.7 Å². The molecular formula is C13H18N2O4. The fourth-order valence-electron chi connectivity index (χ4n) is 1.39. The number of ether oxygens (including phenoxy) is 1. The van der Waals surface area contributed by atoms with Gasteiger partial charge in [-0.15, -0.1) is 0 Å². The van der Waals surface area contributed by atoms with E-state index in [0.717, 1.165) is 11.1 Å². The smallest absolute Gasteiger partial charge is 0.329 e. The van der Waals surface area contributed by atoms with Crippen LogP contribution in [0, 0.1) is 13.8 Å². The van der Waals surface area contributed by atoms with Crippen LogP contribution in [-0.2, 0) is 9.53 Å². The molecule has 104 valence electrons. The van der Waals surface area contributed by atoms with Crippen molar-refractivity contribution in [2.45, 2.75) is 13.8 Å². The van der Waals surface area contributed by atoms with Gasteiger partial charge < -0.3 is 20.5 Å². The summed E-state index contributed by atoms with van der Waals surface area (Å²) in [5, 5.41) is 13.6. The molecule has 0 aliphatic carbocycles. The third-order valence-corrected chi connectivity index (χ3v) is 2.52. The van der Waals surface area contributed by atoms with E-state index in [2.05, 4.69) is 10.6 Å². The van der Waals surface area contributed by atoms with Gasteiger partial charge in [0, 0.05) is 12.2 Å². The second-order valence-electron chi connectivity index (χ2n) is 4.13. The largest absolute Gasteiger partial charge is 0.480 e. The fraction of sp³-hybridized carbons (Fsp3) is 0.385. The molecule has 0 bridgehead atoms. The van der Waals surface area contributed by atoms with Crippen LogP contribution in [0.4, 0.5) is 10.5 Å². The third-order valence-electron chi connectivity index (χ3n) is 2.52. The van der Waals surface area contributed by atoms with Crippen LogP contribution in [0.25, 0.3) is 0 Å². The standard InChI is InChI=1S/C13H18N2O4/c1-9-3-4-11(7-10(9)2)15-13(18)14-5-6-19-8-12(16)17/h3-4,7H,5-6,8H2,1-2H3,(H,16,17)(H2,14,15,18). The highest BCUT2D eigenvalue weighted by molar-refractivity contribution is 5.89. The quantitative estimate of drug-likeness (QED) is 0.681. The third kappa shape index (κ3) is 5.87. The normalized spacial score (nSPS) is 10.0. The molecule has 19 heavy (non-hydrogen) atoms. The number of rotatable bonds is 6. The van der Waals surface area contributed by atoms with Crippen molar-refractivity contribution in [3.63, 3.8) is 0 Å². The maximum absolute atomic E-state index is 11.5. The predicted octanol–water partition coefficient (Wildman–Crippen LogP) is 1.53. The number of carbonyl (C=O) groups is 2. The van der Waals surface area contributed by atoms with Crippen LogP contribution in [0.2, 0.25) is 0 Å². The Kier molecular flexibility index (Phi) is 5.81. The minimum Gasteiger partial charge on any atom is -0.480 e. The maximum atomic E-state index is 11.5. The van der Waals surface area contributed by atoms with E-state index in [1.807, 2.05) is 32.0 Å². The maximum Gasteiger partial charge on any atom is 0.329 e. The summed E-state index contributed by atoms with van der Waals surface area (Å²) >= 11 is 0. The first kappa shape index (κ1) is 15.0. The number of carboxylic acid groups (broad SMARTS) is 1. The molecule has 2 amide bonds. The highest BCUT2D eigenvalue weighted by Gasteiger charge is 2.02. The Bertz CT molecular complexity index is 460. The number of aliphatic carboxylic acids is 1. The van der Waals surface area contributed by atoms with Gasteiger partial charge in [-0.25, -0.2) is 9.59 Å².